The average molecular weight is 361 g/mol. The normalized spacial score (nSPS) is 9.82. The van der Waals surface area contributed by atoms with Crippen LogP contribution in [0.4, 0.5) is 0 Å². The highest BCUT2D eigenvalue weighted by Gasteiger charge is 2.16. The summed E-state index contributed by atoms with van der Waals surface area (Å²) in [7, 11) is 7.36. The molecule has 116 valence electrons. The quantitative estimate of drug-likeness (QED) is 0.811. The average Bonchev–Trinajstić information content (AvgIpc) is 2.46. The molecule has 5 nitrogen and oxygen atoms in total. The predicted molar refractivity (Wildman–Crippen MR) is 85.6 cm³/mol. The van der Waals surface area contributed by atoms with Crippen molar-refractivity contribution >= 4 is 42.9 Å². The number of carboxylic acid groups (broad SMARTS) is 2. The molecular weight excluding hydrogens is 351 g/mol. The van der Waals surface area contributed by atoms with Crippen molar-refractivity contribution in [1.29, 1.82) is 0 Å². The number of hydrogen-bond acceptors (Lipinski definition) is 3. The maximum absolute atomic E-state index is 11.1. The molecule has 8 heteroatoms. The van der Waals surface area contributed by atoms with E-state index in [1.807, 2.05) is 0 Å². The van der Waals surface area contributed by atoms with Gasteiger partial charge in [0, 0.05) is 0 Å². The van der Waals surface area contributed by atoms with Crippen molar-refractivity contribution in [2.75, 3.05) is 0 Å². The SMILES string of the molecule is O=C(O)c1ccccc1-c1ccccc1C(=O)O.[O-][S+](Cl)Cl. The molecule has 0 saturated heterocycles. The fraction of sp³-hybridized carbons (Fsp3) is 0. The lowest BCUT2D eigenvalue weighted by Crippen LogP contribution is -2.03. The van der Waals surface area contributed by atoms with E-state index < -0.39 is 21.5 Å². The Morgan fingerprint density at radius 3 is 1.36 bits per heavy atom. The lowest BCUT2D eigenvalue weighted by atomic mass is 9.95. The van der Waals surface area contributed by atoms with Gasteiger partial charge < -0.3 is 14.8 Å². The Morgan fingerprint density at radius 2 is 1.09 bits per heavy atom. The van der Waals surface area contributed by atoms with Gasteiger partial charge in [0.1, 0.15) is 0 Å². The molecule has 0 aliphatic rings. The van der Waals surface area contributed by atoms with E-state index in [9.17, 15) is 9.59 Å². The summed E-state index contributed by atoms with van der Waals surface area (Å²) in [6.45, 7) is 0. The first-order valence-corrected chi connectivity index (χ1v) is 8.54. The van der Waals surface area contributed by atoms with E-state index in [0.717, 1.165) is 0 Å². The van der Waals surface area contributed by atoms with Crippen LogP contribution in [0.25, 0.3) is 11.1 Å². The lowest BCUT2D eigenvalue weighted by molar-refractivity contribution is 0.0684. The van der Waals surface area contributed by atoms with Crippen molar-refractivity contribution < 1.29 is 24.4 Å². The van der Waals surface area contributed by atoms with Gasteiger partial charge in [-0.05, 0) is 23.3 Å². The molecule has 0 amide bonds. The molecule has 2 rings (SSSR count). The van der Waals surface area contributed by atoms with E-state index in [0.29, 0.717) is 11.1 Å². The second-order valence-corrected chi connectivity index (χ2v) is 6.41. The first-order chi connectivity index (χ1) is 10.3. The second-order valence-electron chi connectivity index (χ2n) is 3.89. The van der Waals surface area contributed by atoms with E-state index in [1.165, 1.54) is 12.1 Å². The standard InChI is InChI=1S/C14H10O4.Cl2OS/c15-13(16)11-7-3-1-5-9(11)10-6-2-4-8-12(10)14(17)18;1-4(2)3/h1-8H,(H,15,16)(H,17,18);. The number of aromatic carboxylic acids is 2. The molecule has 0 radical (unpaired) electrons. The first-order valence-electron chi connectivity index (χ1n) is 5.74. The molecule has 0 aromatic heterocycles. The Labute approximate surface area is 138 Å². The van der Waals surface area contributed by atoms with Crippen LogP contribution in [0.1, 0.15) is 20.7 Å². The number of benzene rings is 2. The molecular formula is C14H10Cl2O5S. The summed E-state index contributed by atoms with van der Waals surface area (Å²) in [5.74, 6) is -2.16. The van der Waals surface area contributed by atoms with Crippen LogP contribution in [0.5, 0.6) is 0 Å². The minimum absolute atomic E-state index is 0.0891. The third-order valence-corrected chi connectivity index (χ3v) is 2.61. The first kappa shape index (κ1) is 18.3. The third-order valence-electron chi connectivity index (χ3n) is 2.61. The van der Waals surface area contributed by atoms with Gasteiger partial charge in [0.05, 0.1) is 11.1 Å². The van der Waals surface area contributed by atoms with Crippen molar-refractivity contribution in [1.82, 2.24) is 0 Å². The largest absolute Gasteiger partial charge is 0.582 e. The highest BCUT2D eigenvalue weighted by molar-refractivity contribution is 8.31. The fourth-order valence-electron chi connectivity index (χ4n) is 1.81. The van der Waals surface area contributed by atoms with Gasteiger partial charge in [0.15, 0.2) is 31.0 Å². The van der Waals surface area contributed by atoms with E-state index in [4.69, 9.17) is 14.8 Å². The summed E-state index contributed by atoms with van der Waals surface area (Å²) in [5.41, 5.74) is 0.989. The number of hydrogen-bond donors (Lipinski definition) is 2. The Balaban J connectivity index is 0.000000541. The maximum atomic E-state index is 11.1. The van der Waals surface area contributed by atoms with Crippen LogP contribution >= 0.6 is 21.4 Å². The van der Waals surface area contributed by atoms with Crippen LogP contribution < -0.4 is 0 Å². The van der Waals surface area contributed by atoms with Crippen molar-refractivity contribution in [2.24, 2.45) is 0 Å². The van der Waals surface area contributed by atoms with Gasteiger partial charge in [0.2, 0.25) is 0 Å². The van der Waals surface area contributed by atoms with E-state index in [1.54, 1.807) is 36.4 Å². The van der Waals surface area contributed by atoms with Crippen molar-refractivity contribution in [3.05, 3.63) is 59.7 Å². The highest BCUT2D eigenvalue weighted by Crippen LogP contribution is 2.27. The molecule has 0 spiro atoms. The summed E-state index contributed by atoms with van der Waals surface area (Å²) < 4.78 is 9.09. The van der Waals surface area contributed by atoms with Crippen LogP contribution in [0.2, 0.25) is 0 Å². The Hall–Kier alpha value is -1.73. The molecule has 0 heterocycles. The van der Waals surface area contributed by atoms with Crippen LogP contribution in [0, 0.1) is 0 Å². The summed E-state index contributed by atoms with van der Waals surface area (Å²) in [6.07, 6.45) is 0. The van der Waals surface area contributed by atoms with Crippen LogP contribution in [0.3, 0.4) is 0 Å². The summed E-state index contributed by atoms with van der Waals surface area (Å²) >= 11 is 0. The molecule has 2 aromatic carbocycles. The molecule has 0 fully saturated rings. The van der Waals surface area contributed by atoms with Gasteiger partial charge in [-0.15, -0.1) is 0 Å². The van der Waals surface area contributed by atoms with Crippen LogP contribution in [-0.4, -0.2) is 26.7 Å². The van der Waals surface area contributed by atoms with Gasteiger partial charge in [0.25, 0.3) is 0 Å². The number of carbonyl (C=O) groups is 2. The molecule has 22 heavy (non-hydrogen) atoms. The van der Waals surface area contributed by atoms with E-state index in [-0.39, 0.29) is 11.1 Å². The molecule has 0 bridgehead atoms. The minimum atomic E-state index is -1.67. The third kappa shape index (κ3) is 5.23. The zero-order chi connectivity index (χ0) is 16.7. The summed E-state index contributed by atoms with van der Waals surface area (Å²) in [6, 6.07) is 12.7. The number of halogens is 2. The Kier molecular flexibility index (Phi) is 7.20. The zero-order valence-corrected chi connectivity index (χ0v) is 13.2. The molecule has 0 unspecified atom stereocenters. The second kappa shape index (κ2) is 8.65. The molecule has 2 N–H and O–H groups in total. The van der Waals surface area contributed by atoms with E-state index in [2.05, 4.69) is 21.4 Å². The minimum Gasteiger partial charge on any atom is -0.582 e. The van der Waals surface area contributed by atoms with Crippen molar-refractivity contribution in [2.45, 2.75) is 0 Å². The predicted octanol–water partition coefficient (Wildman–Crippen LogP) is 3.79. The van der Waals surface area contributed by atoms with E-state index >= 15 is 0 Å². The molecule has 0 aliphatic heterocycles. The Morgan fingerprint density at radius 1 is 0.818 bits per heavy atom. The zero-order valence-electron chi connectivity index (χ0n) is 10.9. The highest BCUT2D eigenvalue weighted by atomic mass is 36.0. The van der Waals surface area contributed by atoms with Crippen LogP contribution in [0.15, 0.2) is 48.5 Å². The summed E-state index contributed by atoms with van der Waals surface area (Å²) in [4.78, 5) is 22.3. The van der Waals surface area contributed by atoms with Gasteiger partial charge in [-0.2, -0.15) is 0 Å². The molecule has 0 aliphatic carbocycles. The van der Waals surface area contributed by atoms with Gasteiger partial charge >= 0.3 is 11.9 Å². The van der Waals surface area contributed by atoms with Crippen LogP contribution in [-0.2, 0) is 9.60 Å². The van der Waals surface area contributed by atoms with Crippen molar-refractivity contribution in [3.8, 4) is 11.1 Å². The lowest BCUT2D eigenvalue weighted by Gasteiger charge is -2.08. The Bertz CT molecular complexity index is 618. The molecule has 2 aromatic rings. The fourth-order valence-corrected chi connectivity index (χ4v) is 1.81. The summed E-state index contributed by atoms with van der Waals surface area (Å²) in [5, 5.41) is 18.2. The van der Waals surface area contributed by atoms with Crippen molar-refractivity contribution in [3.63, 3.8) is 0 Å². The van der Waals surface area contributed by atoms with Gasteiger partial charge in [-0.3, -0.25) is 0 Å². The monoisotopic (exact) mass is 360 g/mol. The molecule has 0 atom stereocenters. The topological polar surface area (TPSA) is 97.7 Å². The van der Waals surface area contributed by atoms with Gasteiger partial charge in [-0.1, -0.05) is 36.4 Å². The number of carboxylic acids is 2. The van der Waals surface area contributed by atoms with Gasteiger partial charge in [-0.25, -0.2) is 9.59 Å². The maximum Gasteiger partial charge on any atom is 0.336 e. The molecule has 0 saturated carbocycles. The smallest absolute Gasteiger partial charge is 0.336 e. The number of rotatable bonds is 3.